The first-order valence-electron chi connectivity index (χ1n) is 10.3. The van der Waals surface area contributed by atoms with Gasteiger partial charge in [0.15, 0.2) is 0 Å². The molecule has 1 heterocycles. The van der Waals surface area contributed by atoms with Crippen molar-refractivity contribution >= 4 is 23.4 Å². The molecule has 1 aliphatic rings. The molecular weight excluding hydrogens is 354 g/mol. The summed E-state index contributed by atoms with van der Waals surface area (Å²) in [7, 11) is 0. The molecule has 0 radical (unpaired) electrons. The van der Waals surface area contributed by atoms with Gasteiger partial charge in [-0.2, -0.15) is 0 Å². The number of hydrogen-bond acceptors (Lipinski definition) is 4. The van der Waals surface area contributed by atoms with E-state index in [1.54, 1.807) is 20.8 Å². The Kier molecular flexibility index (Phi) is 7.72. The highest BCUT2D eigenvalue weighted by Crippen LogP contribution is 2.22. The van der Waals surface area contributed by atoms with Gasteiger partial charge in [-0.15, -0.1) is 0 Å². The Morgan fingerprint density at radius 2 is 1.71 bits per heavy atom. The molecule has 2 rings (SSSR count). The van der Waals surface area contributed by atoms with E-state index in [4.69, 9.17) is 4.74 Å². The number of nitrogens with one attached hydrogen (secondary N) is 2. The number of hydrogen-bond donors (Lipinski definition) is 2. The van der Waals surface area contributed by atoms with Gasteiger partial charge >= 0.3 is 6.09 Å². The first-order chi connectivity index (χ1) is 13.2. The van der Waals surface area contributed by atoms with Crippen LogP contribution in [0.4, 0.5) is 16.2 Å². The summed E-state index contributed by atoms with van der Waals surface area (Å²) < 4.78 is 5.31. The zero-order valence-electron chi connectivity index (χ0n) is 17.9. The lowest BCUT2D eigenvalue weighted by atomic mass is 9.98. The van der Waals surface area contributed by atoms with E-state index in [0.717, 1.165) is 25.2 Å². The van der Waals surface area contributed by atoms with Crippen LogP contribution in [0.25, 0.3) is 0 Å². The molecule has 1 unspecified atom stereocenters. The molecule has 6 nitrogen and oxygen atoms in total. The minimum absolute atomic E-state index is 0.0138. The zero-order valence-corrected chi connectivity index (χ0v) is 17.9. The average Bonchev–Trinajstić information content (AvgIpc) is 2.65. The largest absolute Gasteiger partial charge is 0.444 e. The van der Waals surface area contributed by atoms with E-state index in [0.29, 0.717) is 0 Å². The van der Waals surface area contributed by atoms with Gasteiger partial charge in [0.05, 0.1) is 0 Å². The number of rotatable bonds is 6. The van der Waals surface area contributed by atoms with Gasteiger partial charge in [-0.1, -0.05) is 20.3 Å². The van der Waals surface area contributed by atoms with Crippen LogP contribution in [0, 0.1) is 5.92 Å². The van der Waals surface area contributed by atoms with Gasteiger partial charge in [-0.3, -0.25) is 4.79 Å². The van der Waals surface area contributed by atoms with Crippen LogP contribution < -0.4 is 15.5 Å². The van der Waals surface area contributed by atoms with E-state index < -0.39 is 17.7 Å². The quantitative estimate of drug-likeness (QED) is 0.748. The molecule has 1 aliphatic heterocycles. The molecule has 6 heteroatoms. The monoisotopic (exact) mass is 389 g/mol. The molecule has 0 bridgehead atoms. The number of anilines is 2. The van der Waals surface area contributed by atoms with Crippen LogP contribution in [0.3, 0.4) is 0 Å². The molecular formula is C22H35N3O3. The summed E-state index contributed by atoms with van der Waals surface area (Å²) in [6.07, 6.45) is 3.94. The Morgan fingerprint density at radius 3 is 2.25 bits per heavy atom. The fourth-order valence-electron chi connectivity index (χ4n) is 3.26. The number of carbonyl (C=O) groups is 2. The lowest BCUT2D eigenvalue weighted by molar-refractivity contribution is -0.119. The Bertz CT molecular complexity index is 646. The molecule has 1 saturated heterocycles. The summed E-state index contributed by atoms with van der Waals surface area (Å²) in [5.41, 5.74) is 1.30. The summed E-state index contributed by atoms with van der Waals surface area (Å²) in [6, 6.07) is 7.27. The van der Waals surface area contributed by atoms with Crippen LogP contribution in [-0.4, -0.2) is 36.7 Å². The maximum Gasteiger partial charge on any atom is 0.408 e. The van der Waals surface area contributed by atoms with Crippen molar-refractivity contribution < 1.29 is 14.3 Å². The average molecular weight is 390 g/mol. The minimum atomic E-state index is -0.651. The number of piperidine rings is 1. The van der Waals surface area contributed by atoms with Crippen molar-refractivity contribution in [3.8, 4) is 0 Å². The second kappa shape index (κ2) is 9.80. The van der Waals surface area contributed by atoms with Gasteiger partial charge in [-0.05, 0) is 70.2 Å². The normalized spacial score (nSPS) is 16.8. The molecule has 28 heavy (non-hydrogen) atoms. The highest BCUT2D eigenvalue weighted by atomic mass is 16.6. The van der Waals surface area contributed by atoms with Gasteiger partial charge in [0.25, 0.3) is 0 Å². The molecule has 0 aliphatic carbocycles. The third-order valence-corrected chi connectivity index (χ3v) is 5.02. The second-order valence-corrected chi connectivity index (χ2v) is 8.59. The van der Waals surface area contributed by atoms with Crippen LogP contribution in [0.2, 0.25) is 0 Å². The number of amides is 2. The van der Waals surface area contributed by atoms with E-state index in [9.17, 15) is 9.59 Å². The second-order valence-electron chi connectivity index (χ2n) is 8.59. The van der Waals surface area contributed by atoms with Crippen molar-refractivity contribution in [2.75, 3.05) is 23.3 Å². The summed E-state index contributed by atoms with van der Waals surface area (Å²) in [5, 5.41) is 5.65. The highest BCUT2D eigenvalue weighted by molar-refractivity contribution is 5.96. The first-order valence-corrected chi connectivity index (χ1v) is 10.3. The first kappa shape index (κ1) is 22.1. The topological polar surface area (TPSA) is 70.7 Å². The fraction of sp³-hybridized carbons (Fsp3) is 0.636. The summed E-state index contributed by atoms with van der Waals surface area (Å²) in [6.45, 7) is 11.5. The Balaban J connectivity index is 2.00. The van der Waals surface area contributed by atoms with Crippen molar-refractivity contribution in [2.45, 2.75) is 71.9 Å². The van der Waals surface area contributed by atoms with Crippen LogP contribution in [0.15, 0.2) is 24.3 Å². The predicted molar refractivity (Wildman–Crippen MR) is 114 cm³/mol. The fourth-order valence-corrected chi connectivity index (χ4v) is 3.26. The number of benzene rings is 1. The Hall–Kier alpha value is -2.24. The zero-order chi connectivity index (χ0) is 20.7. The van der Waals surface area contributed by atoms with Crippen molar-refractivity contribution in [3.63, 3.8) is 0 Å². The molecule has 0 spiro atoms. The molecule has 0 aromatic heterocycles. The van der Waals surface area contributed by atoms with Gasteiger partial charge in [0.2, 0.25) is 5.91 Å². The standard InChI is InChI=1S/C22H35N3O3/c1-6-16(2)19(24-21(27)28-22(3,4)5)20(26)23-17-10-12-18(13-11-17)25-14-8-7-9-15-25/h10-13,16,19H,6-9,14-15H2,1-5H3,(H,23,26)(H,24,27)/t16-,19?/m0/s1. The van der Waals surface area contributed by atoms with Gasteiger partial charge in [-0.25, -0.2) is 4.79 Å². The molecule has 1 aromatic rings. The number of nitrogens with zero attached hydrogens (tertiary/aromatic N) is 1. The predicted octanol–water partition coefficient (Wildman–Crippen LogP) is 4.55. The highest BCUT2D eigenvalue weighted by Gasteiger charge is 2.28. The third kappa shape index (κ3) is 6.73. The van der Waals surface area contributed by atoms with Crippen molar-refractivity contribution in [3.05, 3.63) is 24.3 Å². The molecule has 2 amide bonds. The number of carbonyl (C=O) groups excluding carboxylic acids is 2. The van der Waals surface area contributed by atoms with Gasteiger partial charge in [0, 0.05) is 24.5 Å². The van der Waals surface area contributed by atoms with Gasteiger partial charge in [0.1, 0.15) is 11.6 Å². The van der Waals surface area contributed by atoms with Crippen molar-refractivity contribution in [1.29, 1.82) is 0 Å². The molecule has 0 saturated carbocycles. The molecule has 156 valence electrons. The van der Waals surface area contributed by atoms with E-state index in [1.165, 1.54) is 24.9 Å². The van der Waals surface area contributed by atoms with E-state index in [1.807, 2.05) is 38.1 Å². The lowest BCUT2D eigenvalue weighted by Gasteiger charge is -2.29. The SMILES string of the molecule is CC[C@H](C)C(NC(=O)OC(C)(C)C)C(=O)Nc1ccc(N2CCCCC2)cc1. The number of alkyl carbamates (subject to hydrolysis) is 1. The third-order valence-electron chi connectivity index (χ3n) is 5.02. The van der Waals surface area contributed by atoms with Crippen LogP contribution in [0.1, 0.15) is 60.3 Å². The van der Waals surface area contributed by atoms with Crippen LogP contribution in [0.5, 0.6) is 0 Å². The summed E-state index contributed by atoms with van der Waals surface area (Å²) >= 11 is 0. The molecule has 2 N–H and O–H groups in total. The Morgan fingerprint density at radius 1 is 1.11 bits per heavy atom. The van der Waals surface area contributed by atoms with Crippen LogP contribution >= 0.6 is 0 Å². The maximum absolute atomic E-state index is 12.8. The van der Waals surface area contributed by atoms with Crippen molar-refractivity contribution in [1.82, 2.24) is 5.32 Å². The van der Waals surface area contributed by atoms with Gasteiger partial charge < -0.3 is 20.3 Å². The van der Waals surface area contributed by atoms with E-state index in [2.05, 4.69) is 15.5 Å². The Labute approximate surface area is 169 Å². The molecule has 1 fully saturated rings. The minimum Gasteiger partial charge on any atom is -0.444 e. The smallest absolute Gasteiger partial charge is 0.408 e. The summed E-state index contributed by atoms with van der Waals surface area (Å²) in [5.74, 6) is -0.244. The molecule has 2 atom stereocenters. The maximum atomic E-state index is 12.8. The van der Waals surface area contributed by atoms with E-state index in [-0.39, 0.29) is 11.8 Å². The van der Waals surface area contributed by atoms with E-state index >= 15 is 0 Å². The van der Waals surface area contributed by atoms with Crippen LogP contribution in [-0.2, 0) is 9.53 Å². The summed E-state index contributed by atoms with van der Waals surface area (Å²) in [4.78, 5) is 27.3. The number of ether oxygens (including phenoxy) is 1. The molecule has 1 aromatic carbocycles. The lowest BCUT2D eigenvalue weighted by Crippen LogP contribution is -2.49. The van der Waals surface area contributed by atoms with Crippen molar-refractivity contribution in [2.24, 2.45) is 5.92 Å².